The summed E-state index contributed by atoms with van der Waals surface area (Å²) in [5.41, 5.74) is 2.33. The Morgan fingerprint density at radius 3 is 2.86 bits per heavy atom. The number of thioether (sulfide) groups is 1. The van der Waals surface area contributed by atoms with Crippen molar-refractivity contribution in [2.45, 2.75) is 56.3 Å². The first-order valence-electron chi connectivity index (χ1n) is 7.71. The molecule has 1 heterocycles. The first-order chi connectivity index (χ1) is 10.1. The van der Waals surface area contributed by atoms with E-state index in [1.807, 2.05) is 0 Å². The lowest BCUT2D eigenvalue weighted by Crippen LogP contribution is -2.42. The third-order valence-corrected chi connectivity index (χ3v) is 5.81. The van der Waals surface area contributed by atoms with Crippen LogP contribution in [0.1, 0.15) is 54.9 Å². The van der Waals surface area contributed by atoms with Gasteiger partial charge >= 0.3 is 5.97 Å². The van der Waals surface area contributed by atoms with E-state index in [0.29, 0.717) is 0 Å². The van der Waals surface area contributed by atoms with Crippen LogP contribution in [0.25, 0.3) is 0 Å². The van der Waals surface area contributed by atoms with Crippen molar-refractivity contribution < 1.29 is 14.6 Å². The van der Waals surface area contributed by atoms with E-state index in [-0.39, 0.29) is 16.6 Å². The molecule has 1 aliphatic heterocycles. The SMILES string of the molecule is Cc1ccc2c(c1)C(SCC(=O)O)CC1(CCCCC1)O2. The number of carboxylic acids is 1. The zero-order valence-corrected chi connectivity index (χ0v) is 13.2. The molecule has 1 fully saturated rings. The average molecular weight is 306 g/mol. The Morgan fingerprint density at radius 2 is 2.14 bits per heavy atom. The van der Waals surface area contributed by atoms with Gasteiger partial charge in [0.05, 0.1) is 5.75 Å². The molecule has 21 heavy (non-hydrogen) atoms. The monoisotopic (exact) mass is 306 g/mol. The first kappa shape index (κ1) is 14.8. The molecule has 2 aliphatic rings. The summed E-state index contributed by atoms with van der Waals surface area (Å²) in [6.45, 7) is 2.07. The van der Waals surface area contributed by atoms with Crippen molar-refractivity contribution in [2.24, 2.45) is 0 Å². The zero-order chi connectivity index (χ0) is 14.9. The van der Waals surface area contributed by atoms with Gasteiger partial charge in [0, 0.05) is 17.2 Å². The van der Waals surface area contributed by atoms with Gasteiger partial charge in [-0.25, -0.2) is 0 Å². The summed E-state index contributed by atoms with van der Waals surface area (Å²) in [5.74, 6) is 0.392. The van der Waals surface area contributed by atoms with Gasteiger partial charge in [0.15, 0.2) is 0 Å². The second kappa shape index (κ2) is 5.91. The number of benzene rings is 1. The molecular weight excluding hydrogens is 284 g/mol. The Balaban J connectivity index is 1.89. The van der Waals surface area contributed by atoms with Crippen molar-refractivity contribution in [1.29, 1.82) is 0 Å². The summed E-state index contributed by atoms with van der Waals surface area (Å²) >= 11 is 1.54. The van der Waals surface area contributed by atoms with Crippen LogP contribution in [-0.2, 0) is 4.79 Å². The van der Waals surface area contributed by atoms with Crippen LogP contribution < -0.4 is 4.74 Å². The lowest BCUT2D eigenvalue weighted by molar-refractivity contribution is -0.133. The van der Waals surface area contributed by atoms with Gasteiger partial charge in [-0.15, -0.1) is 11.8 Å². The number of hydrogen-bond donors (Lipinski definition) is 1. The van der Waals surface area contributed by atoms with E-state index in [0.717, 1.165) is 25.0 Å². The van der Waals surface area contributed by atoms with Crippen LogP contribution >= 0.6 is 11.8 Å². The molecule has 0 aromatic heterocycles. The van der Waals surface area contributed by atoms with Crippen molar-refractivity contribution in [2.75, 3.05) is 5.75 Å². The van der Waals surface area contributed by atoms with Crippen LogP contribution in [0, 0.1) is 6.92 Å². The second-order valence-electron chi connectivity index (χ2n) is 6.28. The molecule has 114 valence electrons. The largest absolute Gasteiger partial charge is 0.487 e. The van der Waals surface area contributed by atoms with Gasteiger partial charge in [0.2, 0.25) is 0 Å². The quantitative estimate of drug-likeness (QED) is 0.902. The number of carboxylic acid groups (broad SMARTS) is 1. The van der Waals surface area contributed by atoms with E-state index in [4.69, 9.17) is 9.84 Å². The fourth-order valence-electron chi connectivity index (χ4n) is 3.56. The maximum Gasteiger partial charge on any atom is 0.313 e. The molecule has 0 saturated heterocycles. The van der Waals surface area contributed by atoms with Crippen molar-refractivity contribution in [3.63, 3.8) is 0 Å². The zero-order valence-electron chi connectivity index (χ0n) is 12.4. The average Bonchev–Trinajstić information content (AvgIpc) is 2.46. The normalized spacial score (nSPS) is 23.4. The maximum absolute atomic E-state index is 10.9. The molecule has 1 aromatic rings. The lowest BCUT2D eigenvalue weighted by atomic mass is 9.78. The molecule has 3 nitrogen and oxygen atoms in total. The number of rotatable bonds is 3. The van der Waals surface area contributed by atoms with E-state index in [9.17, 15) is 4.79 Å². The van der Waals surface area contributed by atoms with E-state index in [1.54, 1.807) is 11.8 Å². The highest BCUT2D eigenvalue weighted by Gasteiger charge is 2.42. The van der Waals surface area contributed by atoms with E-state index < -0.39 is 5.97 Å². The molecule has 0 radical (unpaired) electrons. The molecule has 1 spiro atoms. The fraction of sp³-hybridized carbons (Fsp3) is 0.588. The van der Waals surface area contributed by atoms with Crippen molar-refractivity contribution in [3.8, 4) is 5.75 Å². The topological polar surface area (TPSA) is 46.5 Å². The highest BCUT2D eigenvalue weighted by molar-refractivity contribution is 8.00. The number of fused-ring (bicyclic) bond motifs is 1. The first-order valence-corrected chi connectivity index (χ1v) is 8.76. The van der Waals surface area contributed by atoms with Gasteiger partial charge in [0.25, 0.3) is 0 Å². The third-order valence-electron chi connectivity index (χ3n) is 4.57. The van der Waals surface area contributed by atoms with Crippen LogP contribution in [0.2, 0.25) is 0 Å². The third kappa shape index (κ3) is 3.20. The summed E-state index contributed by atoms with van der Waals surface area (Å²) in [7, 11) is 0. The molecule has 1 saturated carbocycles. The molecule has 0 amide bonds. The molecule has 1 aliphatic carbocycles. The highest BCUT2D eigenvalue weighted by Crippen LogP contribution is 2.51. The molecule has 0 bridgehead atoms. The van der Waals surface area contributed by atoms with Crippen LogP contribution in [0.3, 0.4) is 0 Å². The minimum absolute atomic E-state index is 0.0589. The number of aryl methyl sites for hydroxylation is 1. The van der Waals surface area contributed by atoms with Crippen LogP contribution in [0.5, 0.6) is 5.75 Å². The minimum Gasteiger partial charge on any atom is -0.487 e. The molecule has 3 rings (SSSR count). The predicted octanol–water partition coefficient (Wildman–Crippen LogP) is 4.34. The summed E-state index contributed by atoms with van der Waals surface area (Å²) in [6.07, 6.45) is 6.88. The number of hydrogen-bond acceptors (Lipinski definition) is 3. The molecule has 4 heteroatoms. The lowest BCUT2D eigenvalue weighted by Gasteiger charge is -2.44. The maximum atomic E-state index is 10.9. The van der Waals surface area contributed by atoms with Gasteiger partial charge < -0.3 is 9.84 Å². The van der Waals surface area contributed by atoms with Crippen LogP contribution in [0.4, 0.5) is 0 Å². The van der Waals surface area contributed by atoms with E-state index in [1.165, 1.54) is 30.4 Å². The van der Waals surface area contributed by atoms with Crippen molar-refractivity contribution in [1.82, 2.24) is 0 Å². The van der Waals surface area contributed by atoms with Gasteiger partial charge in [-0.1, -0.05) is 24.1 Å². The van der Waals surface area contributed by atoms with Gasteiger partial charge in [0.1, 0.15) is 11.4 Å². The second-order valence-corrected chi connectivity index (χ2v) is 7.48. The summed E-state index contributed by atoms with van der Waals surface area (Å²) in [4.78, 5) is 10.9. The minimum atomic E-state index is -0.738. The van der Waals surface area contributed by atoms with Gasteiger partial charge in [-0.3, -0.25) is 4.79 Å². The van der Waals surface area contributed by atoms with Crippen LogP contribution in [-0.4, -0.2) is 22.4 Å². The predicted molar refractivity (Wildman–Crippen MR) is 85.1 cm³/mol. The van der Waals surface area contributed by atoms with E-state index >= 15 is 0 Å². The summed E-state index contributed by atoms with van der Waals surface area (Å²) in [6, 6.07) is 6.30. The summed E-state index contributed by atoms with van der Waals surface area (Å²) in [5, 5.41) is 9.24. The summed E-state index contributed by atoms with van der Waals surface area (Å²) < 4.78 is 6.39. The van der Waals surface area contributed by atoms with Crippen molar-refractivity contribution in [3.05, 3.63) is 29.3 Å². The Hall–Kier alpha value is -1.16. The van der Waals surface area contributed by atoms with Gasteiger partial charge in [-0.05, 0) is 38.7 Å². The smallest absolute Gasteiger partial charge is 0.313 e. The Bertz CT molecular complexity index is 535. The molecule has 1 atom stereocenters. The molecular formula is C17H22O3S. The van der Waals surface area contributed by atoms with Crippen LogP contribution in [0.15, 0.2) is 18.2 Å². The number of ether oxygens (including phenoxy) is 1. The Kier molecular flexibility index (Phi) is 4.16. The number of aliphatic carboxylic acids is 1. The molecule has 1 unspecified atom stereocenters. The molecule has 1 N–H and O–H groups in total. The van der Waals surface area contributed by atoms with E-state index in [2.05, 4.69) is 25.1 Å². The Morgan fingerprint density at radius 1 is 1.38 bits per heavy atom. The Labute approximate surface area is 130 Å². The number of carbonyl (C=O) groups is 1. The standard InChI is InChI=1S/C17H22O3S/c1-12-5-6-14-13(9-12)15(21-11-16(18)19)10-17(20-14)7-3-2-4-8-17/h5-6,9,15H,2-4,7-8,10-11H2,1H3,(H,18,19). The van der Waals surface area contributed by atoms with Crippen molar-refractivity contribution >= 4 is 17.7 Å². The highest BCUT2D eigenvalue weighted by atomic mass is 32.2. The molecule has 1 aromatic carbocycles. The van der Waals surface area contributed by atoms with Gasteiger partial charge in [-0.2, -0.15) is 0 Å². The fourth-order valence-corrected chi connectivity index (χ4v) is 4.69.